The first-order valence-electron chi connectivity index (χ1n) is 4.81. The Morgan fingerprint density at radius 2 is 2.06 bits per heavy atom. The van der Waals surface area contributed by atoms with E-state index in [2.05, 4.69) is 10.9 Å². The standard InChI is InChI=1S/C11H12N4O/c12-13-11(16)15-8-4-7-10(14-15)9-5-2-1-3-6-9/h1-8,14H,12H2,(H,13,16). The van der Waals surface area contributed by atoms with Gasteiger partial charge in [-0.25, -0.2) is 15.6 Å². The van der Waals surface area contributed by atoms with E-state index in [-0.39, 0.29) is 0 Å². The average Bonchev–Trinajstić information content (AvgIpc) is 2.39. The smallest absolute Gasteiger partial charge is 0.290 e. The summed E-state index contributed by atoms with van der Waals surface area (Å²) in [7, 11) is 0. The fourth-order valence-corrected chi connectivity index (χ4v) is 1.40. The van der Waals surface area contributed by atoms with Crippen LogP contribution in [0.25, 0.3) is 5.70 Å². The van der Waals surface area contributed by atoms with Crippen LogP contribution in [-0.4, -0.2) is 11.0 Å². The van der Waals surface area contributed by atoms with Crippen LogP contribution in [0.5, 0.6) is 0 Å². The van der Waals surface area contributed by atoms with E-state index in [0.717, 1.165) is 11.3 Å². The Morgan fingerprint density at radius 1 is 1.31 bits per heavy atom. The van der Waals surface area contributed by atoms with Crippen molar-refractivity contribution in [3.8, 4) is 0 Å². The Balaban J connectivity index is 2.17. The number of hydrazine groups is 2. The van der Waals surface area contributed by atoms with Gasteiger partial charge in [-0.2, -0.15) is 0 Å². The molecule has 16 heavy (non-hydrogen) atoms. The molecule has 5 heteroatoms. The lowest BCUT2D eigenvalue weighted by Crippen LogP contribution is -2.47. The second kappa shape index (κ2) is 4.50. The van der Waals surface area contributed by atoms with E-state index < -0.39 is 6.03 Å². The number of nitrogens with two attached hydrogens (primary N) is 1. The molecule has 1 aliphatic rings. The predicted octanol–water partition coefficient (Wildman–Crippen LogP) is 0.945. The van der Waals surface area contributed by atoms with Crippen LogP contribution in [-0.2, 0) is 0 Å². The van der Waals surface area contributed by atoms with E-state index in [9.17, 15) is 4.79 Å². The number of allylic oxidation sites excluding steroid dienone is 2. The van der Waals surface area contributed by atoms with Crippen LogP contribution in [0.4, 0.5) is 4.79 Å². The molecule has 0 aliphatic carbocycles. The highest BCUT2D eigenvalue weighted by atomic mass is 16.2. The van der Waals surface area contributed by atoms with Gasteiger partial charge >= 0.3 is 6.03 Å². The second-order valence-electron chi connectivity index (χ2n) is 3.22. The molecule has 1 aromatic rings. The van der Waals surface area contributed by atoms with E-state index >= 15 is 0 Å². The maximum Gasteiger partial charge on any atom is 0.354 e. The number of rotatable bonds is 1. The number of benzene rings is 1. The van der Waals surface area contributed by atoms with Gasteiger partial charge in [-0.15, -0.1) is 0 Å². The monoisotopic (exact) mass is 216 g/mol. The maximum atomic E-state index is 11.3. The Bertz CT molecular complexity index is 439. The topological polar surface area (TPSA) is 70.4 Å². The van der Waals surface area contributed by atoms with E-state index in [4.69, 9.17) is 5.84 Å². The molecule has 82 valence electrons. The Morgan fingerprint density at radius 3 is 2.75 bits per heavy atom. The Labute approximate surface area is 93.2 Å². The van der Waals surface area contributed by atoms with Crippen molar-refractivity contribution < 1.29 is 4.79 Å². The molecule has 0 fully saturated rings. The van der Waals surface area contributed by atoms with Crippen molar-refractivity contribution in [2.75, 3.05) is 0 Å². The van der Waals surface area contributed by atoms with E-state index in [1.807, 2.05) is 36.4 Å². The molecule has 1 aliphatic heterocycles. The number of hydrogen-bond donors (Lipinski definition) is 3. The molecule has 4 N–H and O–H groups in total. The minimum absolute atomic E-state index is 0.419. The quantitative estimate of drug-likeness (QED) is 0.372. The van der Waals surface area contributed by atoms with Gasteiger partial charge < -0.3 is 0 Å². The Kier molecular flexibility index (Phi) is 2.88. The third-order valence-corrected chi connectivity index (χ3v) is 2.17. The number of hydrogen-bond acceptors (Lipinski definition) is 3. The molecule has 0 bridgehead atoms. The summed E-state index contributed by atoms with van der Waals surface area (Å²) < 4.78 is 0. The molecule has 0 saturated heterocycles. The van der Waals surface area contributed by atoms with Crippen LogP contribution in [0, 0.1) is 0 Å². The van der Waals surface area contributed by atoms with Crippen molar-refractivity contribution in [1.29, 1.82) is 0 Å². The van der Waals surface area contributed by atoms with Crippen molar-refractivity contribution in [3.05, 3.63) is 54.2 Å². The normalized spacial score (nSPS) is 14.1. The van der Waals surface area contributed by atoms with Crippen molar-refractivity contribution >= 4 is 11.7 Å². The van der Waals surface area contributed by atoms with Crippen LogP contribution >= 0.6 is 0 Å². The Hall–Kier alpha value is -2.27. The van der Waals surface area contributed by atoms with Gasteiger partial charge in [0.1, 0.15) is 0 Å². The van der Waals surface area contributed by atoms with Gasteiger partial charge in [-0.3, -0.25) is 10.9 Å². The van der Waals surface area contributed by atoms with E-state index in [1.165, 1.54) is 5.01 Å². The highest BCUT2D eigenvalue weighted by molar-refractivity contribution is 5.77. The van der Waals surface area contributed by atoms with E-state index in [0.29, 0.717) is 0 Å². The summed E-state index contributed by atoms with van der Waals surface area (Å²) in [5.41, 5.74) is 6.83. The molecular formula is C11H12N4O. The van der Waals surface area contributed by atoms with Gasteiger partial charge in [0.05, 0.1) is 5.70 Å². The lowest BCUT2D eigenvalue weighted by molar-refractivity contribution is 0.206. The van der Waals surface area contributed by atoms with Crippen LogP contribution in [0.3, 0.4) is 0 Å². The third-order valence-electron chi connectivity index (χ3n) is 2.17. The minimum Gasteiger partial charge on any atom is -0.290 e. The van der Waals surface area contributed by atoms with Gasteiger partial charge in [0.15, 0.2) is 0 Å². The minimum atomic E-state index is -0.419. The first-order valence-corrected chi connectivity index (χ1v) is 4.81. The van der Waals surface area contributed by atoms with Crippen molar-refractivity contribution in [2.24, 2.45) is 5.84 Å². The molecule has 5 nitrogen and oxygen atoms in total. The summed E-state index contributed by atoms with van der Waals surface area (Å²) in [6.45, 7) is 0. The van der Waals surface area contributed by atoms with Crippen LogP contribution in [0.1, 0.15) is 5.56 Å². The van der Waals surface area contributed by atoms with Crippen LogP contribution < -0.4 is 16.7 Å². The first-order chi connectivity index (χ1) is 7.81. The summed E-state index contributed by atoms with van der Waals surface area (Å²) >= 11 is 0. The second-order valence-corrected chi connectivity index (χ2v) is 3.22. The van der Waals surface area contributed by atoms with Gasteiger partial charge in [-0.05, 0) is 17.7 Å². The molecule has 0 unspecified atom stereocenters. The molecule has 2 amide bonds. The lowest BCUT2D eigenvalue weighted by Gasteiger charge is -2.24. The molecule has 0 spiro atoms. The van der Waals surface area contributed by atoms with Crippen LogP contribution in [0.2, 0.25) is 0 Å². The summed E-state index contributed by atoms with van der Waals surface area (Å²) in [5, 5.41) is 1.28. The lowest BCUT2D eigenvalue weighted by atomic mass is 10.1. The van der Waals surface area contributed by atoms with Crippen molar-refractivity contribution in [2.45, 2.75) is 0 Å². The zero-order valence-corrected chi connectivity index (χ0v) is 8.55. The molecule has 0 atom stereocenters. The molecule has 0 aromatic heterocycles. The molecule has 1 aromatic carbocycles. The number of nitrogens with one attached hydrogen (secondary N) is 2. The maximum absolute atomic E-state index is 11.3. The fraction of sp³-hybridized carbons (Fsp3) is 0. The number of nitrogens with zero attached hydrogens (tertiary/aromatic N) is 1. The zero-order valence-electron chi connectivity index (χ0n) is 8.55. The number of carbonyl (C=O) groups excluding carboxylic acids is 1. The fourth-order valence-electron chi connectivity index (χ4n) is 1.40. The van der Waals surface area contributed by atoms with Gasteiger partial charge in [0.2, 0.25) is 0 Å². The number of amides is 2. The van der Waals surface area contributed by atoms with E-state index in [1.54, 1.807) is 12.3 Å². The van der Waals surface area contributed by atoms with Gasteiger partial charge in [0, 0.05) is 6.20 Å². The average molecular weight is 216 g/mol. The molecular weight excluding hydrogens is 204 g/mol. The molecule has 0 radical (unpaired) electrons. The molecule has 1 heterocycles. The first kappa shape index (κ1) is 10.3. The summed E-state index contributed by atoms with van der Waals surface area (Å²) in [6, 6.07) is 9.30. The largest absolute Gasteiger partial charge is 0.354 e. The van der Waals surface area contributed by atoms with Crippen LogP contribution in [0.15, 0.2) is 48.7 Å². The summed E-state index contributed by atoms with van der Waals surface area (Å²) in [4.78, 5) is 11.3. The van der Waals surface area contributed by atoms with Crippen molar-refractivity contribution in [1.82, 2.24) is 15.9 Å². The van der Waals surface area contributed by atoms with Crippen molar-refractivity contribution in [3.63, 3.8) is 0 Å². The third kappa shape index (κ3) is 2.04. The summed E-state index contributed by atoms with van der Waals surface area (Å²) in [6.07, 6.45) is 5.25. The van der Waals surface area contributed by atoms with Gasteiger partial charge in [-0.1, -0.05) is 30.3 Å². The SMILES string of the molecule is NNC(=O)N1C=CC=C(c2ccccc2)N1. The number of urea groups is 1. The number of carbonyl (C=O) groups is 1. The summed E-state index contributed by atoms with van der Waals surface area (Å²) in [5.74, 6) is 5.05. The predicted molar refractivity (Wildman–Crippen MR) is 61.3 cm³/mol. The zero-order chi connectivity index (χ0) is 11.4. The molecule has 2 rings (SSSR count). The highest BCUT2D eigenvalue weighted by Crippen LogP contribution is 2.14. The molecule has 0 saturated carbocycles. The highest BCUT2D eigenvalue weighted by Gasteiger charge is 2.13. The van der Waals surface area contributed by atoms with Gasteiger partial charge in [0.25, 0.3) is 0 Å².